The first-order valence-corrected chi connectivity index (χ1v) is 10.1. The van der Waals surface area contributed by atoms with E-state index in [1.54, 1.807) is 0 Å². The fraction of sp³-hybridized carbons (Fsp3) is 0.500. The average molecular weight is 347 g/mol. The summed E-state index contributed by atoms with van der Waals surface area (Å²) in [5.74, 6) is 1.97. The van der Waals surface area contributed by atoms with Gasteiger partial charge in [0.1, 0.15) is 0 Å². The van der Waals surface area contributed by atoms with Crippen molar-refractivity contribution in [1.29, 1.82) is 0 Å². The van der Waals surface area contributed by atoms with Gasteiger partial charge in [0.2, 0.25) is 0 Å². The number of ketones is 1. The van der Waals surface area contributed by atoms with E-state index in [0.29, 0.717) is 10.5 Å². The number of rotatable bonds is 2. The summed E-state index contributed by atoms with van der Waals surface area (Å²) >= 11 is 3.88. The molecule has 0 saturated carbocycles. The van der Waals surface area contributed by atoms with Crippen molar-refractivity contribution in [2.75, 3.05) is 0 Å². The second-order valence-electron chi connectivity index (χ2n) is 6.37. The van der Waals surface area contributed by atoms with Gasteiger partial charge in [-0.05, 0) is 18.2 Å². The first kappa shape index (κ1) is 16.8. The average Bonchev–Trinajstić information content (AvgIpc) is 2.54. The Kier molecular flexibility index (Phi) is 4.97. The van der Waals surface area contributed by atoms with E-state index in [1.165, 1.54) is 0 Å². The van der Waals surface area contributed by atoms with Crippen molar-refractivity contribution < 1.29 is 4.79 Å². The number of nitrogens with zero attached hydrogens (tertiary/aromatic N) is 2. The summed E-state index contributed by atoms with van der Waals surface area (Å²) in [6.45, 7) is 8.41. The van der Waals surface area contributed by atoms with Gasteiger partial charge in [0.05, 0.1) is 22.4 Å². The normalized spacial score (nSPS) is 21.8. The molecule has 0 aliphatic carbocycles. The molecule has 122 valence electrons. The van der Waals surface area contributed by atoms with Crippen LogP contribution >= 0.6 is 23.5 Å². The minimum atomic E-state index is -0.000887. The third-order valence-electron chi connectivity index (χ3n) is 4.26. The van der Waals surface area contributed by atoms with Gasteiger partial charge >= 0.3 is 0 Å². The molecule has 1 aromatic carbocycles. The maximum absolute atomic E-state index is 12.2. The molecule has 2 heterocycles. The zero-order valence-electron chi connectivity index (χ0n) is 14.0. The van der Waals surface area contributed by atoms with Crippen LogP contribution in [0.3, 0.4) is 0 Å². The van der Waals surface area contributed by atoms with Gasteiger partial charge in [0.25, 0.3) is 0 Å². The molecule has 0 fully saturated rings. The van der Waals surface area contributed by atoms with Crippen LogP contribution in [-0.4, -0.2) is 26.3 Å². The highest BCUT2D eigenvalue weighted by Crippen LogP contribution is 2.33. The van der Waals surface area contributed by atoms with E-state index in [0.717, 1.165) is 39.5 Å². The Hall–Kier alpha value is -1.07. The zero-order chi connectivity index (χ0) is 16.6. The van der Waals surface area contributed by atoms with Crippen molar-refractivity contribution in [2.45, 2.75) is 49.7 Å². The Morgan fingerprint density at radius 2 is 1.61 bits per heavy atom. The molecule has 3 rings (SSSR count). The second-order valence-corrected chi connectivity index (χ2v) is 9.10. The van der Waals surface area contributed by atoms with Crippen molar-refractivity contribution in [2.24, 2.45) is 5.92 Å². The Morgan fingerprint density at radius 3 is 2.17 bits per heavy atom. The third kappa shape index (κ3) is 3.56. The number of hydrogen-bond donors (Lipinski definition) is 0. The summed E-state index contributed by atoms with van der Waals surface area (Å²) in [4.78, 5) is 21.8. The Labute approximate surface area is 146 Å². The molecule has 0 radical (unpaired) electrons. The van der Waals surface area contributed by atoms with E-state index in [-0.39, 0.29) is 11.7 Å². The number of thioether (sulfide) groups is 2. The minimum Gasteiger partial charge on any atom is -0.294 e. The van der Waals surface area contributed by atoms with Crippen LogP contribution in [0.2, 0.25) is 0 Å². The molecule has 0 bridgehead atoms. The molecule has 2 aromatic rings. The molecule has 0 spiro atoms. The van der Waals surface area contributed by atoms with Gasteiger partial charge in [-0.25, -0.2) is 9.97 Å². The van der Waals surface area contributed by atoms with Crippen molar-refractivity contribution in [3.8, 4) is 0 Å². The molecule has 2 atom stereocenters. The van der Waals surface area contributed by atoms with Crippen LogP contribution in [-0.2, 0) is 11.5 Å². The molecular weight excluding hydrogens is 324 g/mol. The smallest absolute Gasteiger partial charge is 0.165 e. The van der Waals surface area contributed by atoms with Gasteiger partial charge in [0, 0.05) is 33.5 Å². The summed E-state index contributed by atoms with van der Waals surface area (Å²) < 4.78 is 0. The fourth-order valence-electron chi connectivity index (χ4n) is 2.54. The van der Waals surface area contributed by atoms with E-state index < -0.39 is 0 Å². The van der Waals surface area contributed by atoms with Gasteiger partial charge in [-0.15, -0.1) is 0 Å². The van der Waals surface area contributed by atoms with E-state index in [1.807, 2.05) is 55.6 Å². The lowest BCUT2D eigenvalue weighted by atomic mass is 10.0. The number of aromatic nitrogens is 2. The maximum atomic E-state index is 12.2. The van der Waals surface area contributed by atoms with Crippen LogP contribution < -0.4 is 0 Å². The molecule has 0 saturated heterocycles. The highest BCUT2D eigenvalue weighted by molar-refractivity contribution is 8.03. The molecule has 1 aliphatic heterocycles. The predicted octanol–water partition coefficient (Wildman–Crippen LogP) is 4.73. The van der Waals surface area contributed by atoms with Crippen LogP contribution in [0.5, 0.6) is 0 Å². The topological polar surface area (TPSA) is 42.9 Å². The summed E-state index contributed by atoms with van der Waals surface area (Å²) in [5, 5.41) is 1.23. The lowest BCUT2D eigenvalue weighted by Crippen LogP contribution is -2.17. The van der Waals surface area contributed by atoms with Gasteiger partial charge in [0.15, 0.2) is 5.78 Å². The summed E-state index contributed by atoms with van der Waals surface area (Å²) in [6, 6.07) is 5.70. The minimum absolute atomic E-state index is 0.000887. The van der Waals surface area contributed by atoms with Gasteiger partial charge in [-0.3, -0.25) is 4.79 Å². The van der Waals surface area contributed by atoms with E-state index in [4.69, 9.17) is 9.97 Å². The van der Waals surface area contributed by atoms with Gasteiger partial charge < -0.3 is 0 Å². The Bertz CT molecular complexity index is 745. The molecule has 1 aromatic heterocycles. The first-order valence-electron chi connectivity index (χ1n) is 8.02. The Balaban J connectivity index is 2.01. The first-order chi connectivity index (χ1) is 11.0. The summed E-state index contributed by atoms with van der Waals surface area (Å²) in [6.07, 6.45) is 0. The summed E-state index contributed by atoms with van der Waals surface area (Å²) in [7, 11) is 0. The van der Waals surface area contributed by atoms with Crippen molar-refractivity contribution >= 4 is 40.3 Å². The fourth-order valence-corrected chi connectivity index (χ4v) is 4.85. The number of carbonyl (C=O) groups is 1. The second kappa shape index (κ2) is 6.81. The van der Waals surface area contributed by atoms with Gasteiger partial charge in [-0.2, -0.15) is 23.5 Å². The number of hydrogen-bond acceptors (Lipinski definition) is 5. The largest absolute Gasteiger partial charge is 0.294 e. The molecule has 1 aliphatic rings. The Morgan fingerprint density at radius 1 is 1.04 bits per heavy atom. The molecule has 2 unspecified atom stereocenters. The molecule has 0 N–H and O–H groups in total. The monoisotopic (exact) mass is 346 g/mol. The predicted molar refractivity (Wildman–Crippen MR) is 100 cm³/mol. The standard InChI is InChI=1S/C18H22N2OS2/c1-10(2)18(21)13-5-6-14-15(7-13)20-17-9-23-12(4)11(3)22-8-16(17)19-14/h5-7,10-12H,8-9H2,1-4H3. The summed E-state index contributed by atoms with van der Waals surface area (Å²) in [5.41, 5.74) is 4.62. The van der Waals surface area contributed by atoms with E-state index >= 15 is 0 Å². The molecular formula is C18H22N2OS2. The van der Waals surface area contributed by atoms with Gasteiger partial charge in [-0.1, -0.05) is 27.7 Å². The highest BCUT2D eigenvalue weighted by Gasteiger charge is 2.21. The van der Waals surface area contributed by atoms with E-state index in [2.05, 4.69) is 13.8 Å². The quantitative estimate of drug-likeness (QED) is 0.736. The highest BCUT2D eigenvalue weighted by atomic mass is 32.2. The van der Waals surface area contributed by atoms with Crippen molar-refractivity contribution in [1.82, 2.24) is 9.97 Å². The molecule has 3 nitrogen and oxygen atoms in total. The van der Waals surface area contributed by atoms with Crippen LogP contribution in [0, 0.1) is 5.92 Å². The number of fused-ring (bicyclic) bond motifs is 2. The molecule has 0 amide bonds. The SMILES string of the molecule is CC(C)C(=O)c1ccc2nc3c(nc2c1)CSC(C)C(C)SC3. The lowest BCUT2D eigenvalue weighted by Gasteiger charge is -2.23. The van der Waals surface area contributed by atoms with Crippen molar-refractivity contribution in [3.05, 3.63) is 35.2 Å². The van der Waals surface area contributed by atoms with E-state index in [9.17, 15) is 4.79 Å². The number of benzene rings is 1. The number of carbonyl (C=O) groups excluding carboxylic acids is 1. The van der Waals surface area contributed by atoms with Crippen LogP contribution in [0.1, 0.15) is 49.4 Å². The zero-order valence-corrected chi connectivity index (χ0v) is 15.6. The van der Waals surface area contributed by atoms with Crippen LogP contribution in [0.25, 0.3) is 11.0 Å². The van der Waals surface area contributed by atoms with Crippen molar-refractivity contribution in [3.63, 3.8) is 0 Å². The van der Waals surface area contributed by atoms with Crippen LogP contribution in [0.15, 0.2) is 18.2 Å². The van der Waals surface area contributed by atoms with Crippen LogP contribution in [0.4, 0.5) is 0 Å². The molecule has 5 heteroatoms. The maximum Gasteiger partial charge on any atom is 0.165 e. The lowest BCUT2D eigenvalue weighted by molar-refractivity contribution is 0.0939. The molecule has 23 heavy (non-hydrogen) atoms. The third-order valence-corrected chi connectivity index (χ3v) is 7.18. The number of Topliss-reactive ketones (excluding diaryl/α,β-unsaturated/α-hetero) is 1.